The maximum atomic E-state index is 13.4. The van der Waals surface area contributed by atoms with Crippen LogP contribution in [0.2, 0.25) is 0 Å². The van der Waals surface area contributed by atoms with Gasteiger partial charge in [-0.2, -0.15) is 0 Å². The minimum Gasteiger partial charge on any atom is -0.313 e. The summed E-state index contributed by atoms with van der Waals surface area (Å²) in [5.41, 5.74) is 6.60. The number of rotatable bonds is 6. The predicted octanol–water partition coefficient (Wildman–Crippen LogP) is 4.66. The van der Waals surface area contributed by atoms with E-state index in [0.29, 0.717) is 5.95 Å². The Morgan fingerprint density at radius 2 is 1.63 bits per heavy atom. The lowest BCUT2D eigenvalue weighted by atomic mass is 9.99. The Morgan fingerprint density at radius 1 is 0.943 bits per heavy atom. The fraction of sp³-hybridized carbons (Fsp3) is 0.286. The molecule has 4 aromatic rings. The van der Waals surface area contributed by atoms with Gasteiger partial charge in [0.1, 0.15) is 5.82 Å². The van der Waals surface area contributed by atoms with Crippen LogP contribution in [0.15, 0.2) is 66.7 Å². The van der Waals surface area contributed by atoms with Gasteiger partial charge in [-0.05, 0) is 46.5 Å². The zero-order chi connectivity index (χ0) is 24.4. The lowest BCUT2D eigenvalue weighted by molar-refractivity contribution is -0.114. The minimum atomic E-state index is -0.210. The zero-order valence-electron chi connectivity index (χ0n) is 20.2. The van der Waals surface area contributed by atoms with E-state index in [1.54, 1.807) is 0 Å². The summed E-state index contributed by atoms with van der Waals surface area (Å²) in [5.74, 6) is 0.235. The molecular weight excluding hydrogens is 441 g/mol. The van der Waals surface area contributed by atoms with Crippen LogP contribution in [0.25, 0.3) is 22.2 Å². The number of piperazine rings is 1. The number of aryl methyl sites for hydroxylation is 1. The van der Waals surface area contributed by atoms with Crippen molar-refractivity contribution in [3.63, 3.8) is 0 Å². The van der Waals surface area contributed by atoms with E-state index in [1.165, 1.54) is 30.2 Å². The van der Waals surface area contributed by atoms with Gasteiger partial charge in [0.15, 0.2) is 0 Å². The van der Waals surface area contributed by atoms with Crippen LogP contribution >= 0.6 is 0 Å². The highest BCUT2D eigenvalue weighted by Gasteiger charge is 2.19. The highest BCUT2D eigenvalue weighted by Crippen LogP contribution is 2.26. The van der Waals surface area contributed by atoms with Crippen molar-refractivity contribution in [3.05, 3.63) is 83.7 Å². The number of halogens is 1. The van der Waals surface area contributed by atoms with Gasteiger partial charge in [-0.1, -0.05) is 42.5 Å². The molecule has 7 heteroatoms. The second-order valence-electron chi connectivity index (χ2n) is 9.22. The molecule has 5 rings (SSSR count). The highest BCUT2D eigenvalue weighted by molar-refractivity contribution is 5.89. The van der Waals surface area contributed by atoms with Crippen molar-refractivity contribution in [1.82, 2.24) is 19.4 Å². The largest absolute Gasteiger partial charge is 0.313 e. The number of aromatic nitrogens is 2. The molecule has 0 atom stereocenters. The number of carbonyl (C=O) groups is 1. The summed E-state index contributed by atoms with van der Waals surface area (Å²) in [4.78, 5) is 21.0. The normalized spacial score (nSPS) is 14.9. The number of nitrogens with one attached hydrogen (secondary N) is 1. The molecule has 1 saturated heterocycles. The fourth-order valence-corrected chi connectivity index (χ4v) is 4.79. The maximum Gasteiger partial charge on any atom is 0.223 e. The molecule has 0 aliphatic carbocycles. The van der Waals surface area contributed by atoms with Gasteiger partial charge in [0.05, 0.1) is 11.0 Å². The summed E-state index contributed by atoms with van der Waals surface area (Å²) >= 11 is 0. The molecule has 0 radical (unpaired) electrons. The van der Waals surface area contributed by atoms with Gasteiger partial charge in [-0.25, -0.2) is 9.37 Å². The van der Waals surface area contributed by atoms with E-state index in [-0.39, 0.29) is 11.7 Å². The first-order valence-electron chi connectivity index (χ1n) is 12.0. The van der Waals surface area contributed by atoms with Crippen LogP contribution in [0.1, 0.15) is 18.1 Å². The van der Waals surface area contributed by atoms with Crippen LogP contribution in [-0.4, -0.2) is 51.4 Å². The minimum absolute atomic E-state index is 0.123. The molecule has 1 N–H and O–H groups in total. The van der Waals surface area contributed by atoms with Crippen molar-refractivity contribution in [2.45, 2.75) is 20.0 Å². The van der Waals surface area contributed by atoms with Crippen LogP contribution < -0.4 is 5.32 Å². The SMILES string of the molecule is CC(=O)Nc1nc2cc(CN3CCN(Cc4ccccc4-c4ccc(F)cc4)CC3)ccc2n1C. The zero-order valence-corrected chi connectivity index (χ0v) is 20.2. The summed E-state index contributed by atoms with van der Waals surface area (Å²) in [6.07, 6.45) is 0. The number of imidazole rings is 1. The summed E-state index contributed by atoms with van der Waals surface area (Å²) in [6.45, 7) is 7.24. The lowest BCUT2D eigenvalue weighted by Gasteiger charge is -2.35. The average Bonchev–Trinajstić information content (AvgIpc) is 3.15. The third-order valence-electron chi connectivity index (χ3n) is 6.67. The Labute approximate surface area is 205 Å². The van der Waals surface area contributed by atoms with Gasteiger partial charge in [0.2, 0.25) is 11.9 Å². The van der Waals surface area contributed by atoms with Gasteiger partial charge in [0, 0.05) is 53.2 Å². The van der Waals surface area contributed by atoms with Crippen molar-refractivity contribution in [2.24, 2.45) is 7.05 Å². The van der Waals surface area contributed by atoms with Gasteiger partial charge < -0.3 is 4.57 Å². The molecule has 1 aliphatic heterocycles. The number of nitrogens with zero attached hydrogens (tertiary/aromatic N) is 4. The van der Waals surface area contributed by atoms with E-state index >= 15 is 0 Å². The molecule has 1 fully saturated rings. The van der Waals surface area contributed by atoms with E-state index in [9.17, 15) is 9.18 Å². The van der Waals surface area contributed by atoms with Gasteiger partial charge in [0.25, 0.3) is 0 Å². The third kappa shape index (κ3) is 5.26. The summed E-state index contributed by atoms with van der Waals surface area (Å²) in [7, 11) is 1.91. The average molecular weight is 472 g/mol. The number of carbonyl (C=O) groups excluding carboxylic acids is 1. The molecule has 35 heavy (non-hydrogen) atoms. The maximum absolute atomic E-state index is 13.4. The van der Waals surface area contributed by atoms with Crippen molar-refractivity contribution in [3.8, 4) is 11.1 Å². The lowest BCUT2D eigenvalue weighted by Crippen LogP contribution is -2.45. The second kappa shape index (κ2) is 9.98. The van der Waals surface area contributed by atoms with Crippen LogP contribution in [0.4, 0.5) is 10.3 Å². The first kappa shape index (κ1) is 23.2. The molecule has 1 amide bonds. The number of hydrogen-bond acceptors (Lipinski definition) is 4. The van der Waals surface area contributed by atoms with E-state index < -0.39 is 0 Å². The van der Waals surface area contributed by atoms with Crippen molar-refractivity contribution >= 4 is 22.9 Å². The second-order valence-corrected chi connectivity index (χ2v) is 9.22. The Kier molecular flexibility index (Phi) is 6.61. The monoisotopic (exact) mass is 471 g/mol. The summed E-state index contributed by atoms with van der Waals surface area (Å²) in [5, 5.41) is 2.79. The Hall–Kier alpha value is -3.55. The van der Waals surface area contributed by atoms with Crippen LogP contribution in [0, 0.1) is 5.82 Å². The van der Waals surface area contributed by atoms with Crippen LogP contribution in [0.3, 0.4) is 0 Å². The van der Waals surface area contributed by atoms with Gasteiger partial charge in [-0.3, -0.25) is 19.9 Å². The summed E-state index contributed by atoms with van der Waals surface area (Å²) < 4.78 is 15.3. The van der Waals surface area contributed by atoms with E-state index in [1.807, 2.05) is 29.8 Å². The molecule has 0 saturated carbocycles. The van der Waals surface area contributed by atoms with Crippen molar-refractivity contribution in [1.29, 1.82) is 0 Å². The van der Waals surface area contributed by atoms with E-state index in [4.69, 9.17) is 0 Å². The highest BCUT2D eigenvalue weighted by atomic mass is 19.1. The molecule has 6 nitrogen and oxygen atoms in total. The fourth-order valence-electron chi connectivity index (χ4n) is 4.79. The van der Waals surface area contributed by atoms with Gasteiger partial charge >= 0.3 is 0 Å². The van der Waals surface area contributed by atoms with Crippen molar-refractivity contribution < 1.29 is 9.18 Å². The van der Waals surface area contributed by atoms with Crippen LogP contribution in [-0.2, 0) is 24.9 Å². The van der Waals surface area contributed by atoms with E-state index in [0.717, 1.165) is 61.4 Å². The number of benzene rings is 3. The molecule has 0 bridgehead atoms. The molecule has 3 aromatic carbocycles. The number of fused-ring (bicyclic) bond motifs is 1. The number of anilines is 1. The summed E-state index contributed by atoms with van der Waals surface area (Å²) in [6, 6.07) is 21.5. The Balaban J connectivity index is 1.21. The quantitative estimate of drug-likeness (QED) is 0.445. The molecule has 1 aromatic heterocycles. The van der Waals surface area contributed by atoms with E-state index in [2.05, 4.69) is 56.5 Å². The predicted molar refractivity (Wildman–Crippen MR) is 137 cm³/mol. The van der Waals surface area contributed by atoms with Crippen molar-refractivity contribution in [2.75, 3.05) is 31.5 Å². The Bertz CT molecular complexity index is 1340. The number of hydrogen-bond donors (Lipinski definition) is 1. The molecule has 1 aliphatic rings. The molecule has 2 heterocycles. The smallest absolute Gasteiger partial charge is 0.223 e. The first-order valence-corrected chi connectivity index (χ1v) is 12.0. The molecule has 0 spiro atoms. The third-order valence-corrected chi connectivity index (χ3v) is 6.67. The standard InChI is InChI=1S/C28H30FN5O/c1-20(35)30-28-31-26-17-21(7-12-27(26)32(28)2)18-33-13-15-34(16-14-33)19-23-5-3-4-6-25(23)22-8-10-24(29)11-9-22/h3-12,17H,13-16,18-19H2,1-2H3,(H,30,31,35). The Morgan fingerprint density at radius 3 is 2.34 bits per heavy atom. The number of amides is 1. The van der Waals surface area contributed by atoms with Crippen LogP contribution in [0.5, 0.6) is 0 Å². The molecular formula is C28H30FN5O. The molecule has 180 valence electrons. The van der Waals surface area contributed by atoms with Gasteiger partial charge in [-0.15, -0.1) is 0 Å². The molecule has 0 unspecified atom stereocenters. The first-order chi connectivity index (χ1) is 17.0. The topological polar surface area (TPSA) is 53.4 Å².